The summed E-state index contributed by atoms with van der Waals surface area (Å²) in [6.07, 6.45) is 0.655. The molecular formula is C16H28N2O2. The third-order valence-corrected chi connectivity index (χ3v) is 3.80. The van der Waals surface area contributed by atoms with Crippen LogP contribution in [0.2, 0.25) is 0 Å². The molecule has 2 atom stereocenters. The minimum absolute atomic E-state index is 0.501. The van der Waals surface area contributed by atoms with E-state index in [0.717, 1.165) is 30.8 Å². The Morgan fingerprint density at radius 3 is 2.80 bits per heavy atom. The highest BCUT2D eigenvalue weighted by molar-refractivity contribution is 5.29. The van der Waals surface area contributed by atoms with Gasteiger partial charge in [-0.15, -0.1) is 0 Å². The van der Waals surface area contributed by atoms with Gasteiger partial charge >= 0.3 is 0 Å². The van der Waals surface area contributed by atoms with Gasteiger partial charge in [0.15, 0.2) is 0 Å². The Labute approximate surface area is 122 Å². The number of methoxy groups -OCH3 is 1. The summed E-state index contributed by atoms with van der Waals surface area (Å²) in [6, 6.07) is 8.16. The number of nitrogens with one attached hydrogen (secondary N) is 1. The molecule has 0 aliphatic rings. The molecule has 4 nitrogen and oxygen atoms in total. The van der Waals surface area contributed by atoms with E-state index in [4.69, 9.17) is 4.74 Å². The zero-order valence-corrected chi connectivity index (χ0v) is 13.1. The van der Waals surface area contributed by atoms with Crippen LogP contribution in [0.3, 0.4) is 0 Å². The van der Waals surface area contributed by atoms with E-state index >= 15 is 0 Å². The molecule has 0 aliphatic heterocycles. The molecule has 114 valence electrons. The summed E-state index contributed by atoms with van der Waals surface area (Å²) in [7, 11) is 3.77. The quantitative estimate of drug-likeness (QED) is 0.680. The SMILES string of the molecule is CCC(C)N(C)CCNCC(O)c1cccc(OC)c1. The van der Waals surface area contributed by atoms with Gasteiger partial charge in [-0.3, -0.25) is 0 Å². The minimum Gasteiger partial charge on any atom is -0.497 e. The Morgan fingerprint density at radius 2 is 2.15 bits per heavy atom. The van der Waals surface area contributed by atoms with Gasteiger partial charge in [0.2, 0.25) is 0 Å². The molecule has 4 heteroatoms. The second kappa shape index (κ2) is 8.95. The van der Waals surface area contributed by atoms with Crippen molar-refractivity contribution in [1.29, 1.82) is 0 Å². The Kier molecular flexibility index (Phi) is 7.59. The molecule has 0 aromatic heterocycles. The van der Waals surface area contributed by atoms with Crippen molar-refractivity contribution in [3.05, 3.63) is 29.8 Å². The predicted octanol–water partition coefficient (Wildman–Crippen LogP) is 2.05. The van der Waals surface area contributed by atoms with E-state index in [1.54, 1.807) is 7.11 Å². The Hall–Kier alpha value is -1.10. The van der Waals surface area contributed by atoms with Gasteiger partial charge in [-0.2, -0.15) is 0 Å². The summed E-state index contributed by atoms with van der Waals surface area (Å²) in [5, 5.41) is 13.4. The van der Waals surface area contributed by atoms with Crippen molar-refractivity contribution in [3.8, 4) is 5.75 Å². The van der Waals surface area contributed by atoms with E-state index in [1.807, 2.05) is 24.3 Å². The molecule has 0 heterocycles. The molecule has 2 unspecified atom stereocenters. The summed E-state index contributed by atoms with van der Waals surface area (Å²) in [5.41, 5.74) is 0.882. The lowest BCUT2D eigenvalue weighted by Crippen LogP contribution is -2.36. The molecule has 0 aliphatic carbocycles. The fourth-order valence-corrected chi connectivity index (χ4v) is 1.99. The normalized spacial score (nSPS) is 14.3. The zero-order chi connectivity index (χ0) is 15.0. The Balaban J connectivity index is 2.31. The van der Waals surface area contributed by atoms with Crippen LogP contribution in [0.5, 0.6) is 5.75 Å². The number of ether oxygens (including phenoxy) is 1. The molecule has 1 aromatic carbocycles. The number of hydrogen-bond donors (Lipinski definition) is 2. The molecule has 0 fully saturated rings. The first-order valence-electron chi connectivity index (χ1n) is 7.31. The molecule has 0 amide bonds. The van der Waals surface area contributed by atoms with E-state index in [9.17, 15) is 5.11 Å². The lowest BCUT2D eigenvalue weighted by molar-refractivity contribution is 0.170. The van der Waals surface area contributed by atoms with Gasteiger partial charge in [-0.1, -0.05) is 19.1 Å². The first-order valence-corrected chi connectivity index (χ1v) is 7.31. The van der Waals surface area contributed by atoms with Gasteiger partial charge in [0, 0.05) is 25.7 Å². The molecule has 20 heavy (non-hydrogen) atoms. The van der Waals surface area contributed by atoms with Crippen molar-refractivity contribution in [1.82, 2.24) is 10.2 Å². The van der Waals surface area contributed by atoms with Crippen molar-refractivity contribution in [2.45, 2.75) is 32.4 Å². The van der Waals surface area contributed by atoms with Crippen LogP contribution in [0, 0.1) is 0 Å². The average Bonchev–Trinajstić information content (AvgIpc) is 2.50. The Morgan fingerprint density at radius 1 is 1.40 bits per heavy atom. The van der Waals surface area contributed by atoms with Crippen LogP contribution in [0.1, 0.15) is 31.9 Å². The van der Waals surface area contributed by atoms with Crippen LogP contribution in [0.25, 0.3) is 0 Å². The summed E-state index contributed by atoms with van der Waals surface area (Å²) < 4.78 is 5.16. The highest BCUT2D eigenvalue weighted by Gasteiger charge is 2.09. The summed E-state index contributed by atoms with van der Waals surface area (Å²) in [4.78, 5) is 2.32. The molecule has 0 saturated carbocycles. The first kappa shape index (κ1) is 17.0. The first-order chi connectivity index (χ1) is 9.58. The van der Waals surface area contributed by atoms with Crippen molar-refractivity contribution >= 4 is 0 Å². The maximum Gasteiger partial charge on any atom is 0.119 e. The number of hydrogen-bond acceptors (Lipinski definition) is 4. The molecule has 0 spiro atoms. The summed E-state index contributed by atoms with van der Waals surface area (Å²) in [6.45, 7) is 6.84. The van der Waals surface area contributed by atoms with Crippen LogP contribution >= 0.6 is 0 Å². The largest absolute Gasteiger partial charge is 0.497 e. The standard InChI is InChI=1S/C16H28N2O2/c1-5-13(2)18(3)10-9-17-12-16(19)14-7-6-8-15(11-14)20-4/h6-8,11,13,16-17,19H,5,9-10,12H2,1-4H3. The van der Waals surface area contributed by atoms with E-state index in [1.165, 1.54) is 0 Å². The highest BCUT2D eigenvalue weighted by atomic mass is 16.5. The average molecular weight is 280 g/mol. The fraction of sp³-hybridized carbons (Fsp3) is 0.625. The van der Waals surface area contributed by atoms with Crippen molar-refractivity contribution in [2.24, 2.45) is 0 Å². The predicted molar refractivity (Wildman–Crippen MR) is 83.2 cm³/mol. The lowest BCUT2D eigenvalue weighted by Gasteiger charge is -2.23. The van der Waals surface area contributed by atoms with Gasteiger partial charge < -0.3 is 20.1 Å². The van der Waals surface area contributed by atoms with Crippen LogP contribution in [-0.2, 0) is 0 Å². The van der Waals surface area contributed by atoms with Gasteiger partial charge in [-0.05, 0) is 38.1 Å². The summed E-state index contributed by atoms with van der Waals surface area (Å²) >= 11 is 0. The number of likely N-dealkylation sites (N-methyl/N-ethyl adjacent to an activating group) is 1. The van der Waals surface area contributed by atoms with Crippen LogP contribution < -0.4 is 10.1 Å². The van der Waals surface area contributed by atoms with E-state index in [2.05, 4.69) is 31.1 Å². The van der Waals surface area contributed by atoms with Gasteiger partial charge in [-0.25, -0.2) is 0 Å². The number of rotatable bonds is 9. The van der Waals surface area contributed by atoms with Gasteiger partial charge in [0.25, 0.3) is 0 Å². The number of benzene rings is 1. The third-order valence-electron chi connectivity index (χ3n) is 3.80. The van der Waals surface area contributed by atoms with Crippen molar-refractivity contribution < 1.29 is 9.84 Å². The maximum absolute atomic E-state index is 10.1. The minimum atomic E-state index is -0.501. The van der Waals surface area contributed by atoms with E-state index < -0.39 is 6.10 Å². The van der Waals surface area contributed by atoms with E-state index in [0.29, 0.717) is 12.6 Å². The fourth-order valence-electron chi connectivity index (χ4n) is 1.99. The highest BCUT2D eigenvalue weighted by Crippen LogP contribution is 2.18. The molecule has 2 N–H and O–H groups in total. The molecular weight excluding hydrogens is 252 g/mol. The van der Waals surface area contributed by atoms with Crippen LogP contribution in [0.4, 0.5) is 0 Å². The number of nitrogens with zero attached hydrogens (tertiary/aromatic N) is 1. The van der Waals surface area contributed by atoms with E-state index in [-0.39, 0.29) is 0 Å². The van der Waals surface area contributed by atoms with Crippen LogP contribution in [0.15, 0.2) is 24.3 Å². The molecule has 1 aromatic rings. The molecule has 1 rings (SSSR count). The van der Waals surface area contributed by atoms with Crippen molar-refractivity contribution in [3.63, 3.8) is 0 Å². The Bertz CT molecular complexity index is 384. The maximum atomic E-state index is 10.1. The van der Waals surface area contributed by atoms with Gasteiger partial charge in [0.1, 0.15) is 5.75 Å². The molecule has 0 saturated heterocycles. The smallest absolute Gasteiger partial charge is 0.119 e. The second-order valence-corrected chi connectivity index (χ2v) is 5.23. The second-order valence-electron chi connectivity index (χ2n) is 5.23. The zero-order valence-electron chi connectivity index (χ0n) is 13.1. The number of aliphatic hydroxyl groups excluding tert-OH is 1. The third kappa shape index (κ3) is 5.49. The van der Waals surface area contributed by atoms with Gasteiger partial charge in [0.05, 0.1) is 13.2 Å². The topological polar surface area (TPSA) is 44.7 Å². The molecule has 0 bridgehead atoms. The molecule has 0 radical (unpaired) electrons. The number of aliphatic hydroxyl groups is 1. The monoisotopic (exact) mass is 280 g/mol. The van der Waals surface area contributed by atoms with Crippen LogP contribution in [-0.4, -0.2) is 49.8 Å². The van der Waals surface area contributed by atoms with Crippen molar-refractivity contribution in [2.75, 3.05) is 33.8 Å². The lowest BCUT2D eigenvalue weighted by atomic mass is 10.1. The summed E-state index contributed by atoms with van der Waals surface area (Å²) in [5.74, 6) is 0.776.